The van der Waals surface area contributed by atoms with Gasteiger partial charge in [0.25, 0.3) is 5.91 Å². The zero-order valence-corrected chi connectivity index (χ0v) is 11.7. The molecule has 0 saturated heterocycles. The van der Waals surface area contributed by atoms with Gasteiger partial charge in [0.2, 0.25) is 0 Å². The summed E-state index contributed by atoms with van der Waals surface area (Å²) in [6.07, 6.45) is -2.25. The first-order chi connectivity index (χ1) is 9.75. The molecule has 0 aliphatic carbocycles. The van der Waals surface area contributed by atoms with E-state index in [2.05, 4.69) is 31.2 Å². The first kappa shape index (κ1) is 15.4. The van der Waals surface area contributed by atoms with Crippen molar-refractivity contribution in [1.29, 1.82) is 0 Å². The van der Waals surface area contributed by atoms with Crippen molar-refractivity contribution in [2.24, 2.45) is 0 Å². The van der Waals surface area contributed by atoms with Gasteiger partial charge in [-0.15, -0.1) is 0 Å². The second kappa shape index (κ2) is 5.76. The van der Waals surface area contributed by atoms with Crippen LogP contribution >= 0.6 is 15.9 Å². The number of alkyl halides is 3. The molecule has 110 valence electrons. The quantitative estimate of drug-likeness (QED) is 0.828. The lowest BCUT2D eigenvalue weighted by molar-refractivity contribution is -0.137. The molecule has 0 unspecified atom stereocenters. The summed E-state index contributed by atoms with van der Waals surface area (Å²) in [5.74, 6) is -2.05. The van der Waals surface area contributed by atoms with E-state index in [1.165, 1.54) is 12.4 Å². The van der Waals surface area contributed by atoms with Gasteiger partial charge in [-0.05, 0) is 34.1 Å². The van der Waals surface area contributed by atoms with Gasteiger partial charge < -0.3 is 5.32 Å². The fourth-order valence-corrected chi connectivity index (χ4v) is 1.65. The number of benzene rings is 1. The van der Waals surface area contributed by atoms with Crippen LogP contribution in [-0.2, 0) is 6.18 Å². The van der Waals surface area contributed by atoms with Crippen LogP contribution in [0.15, 0.2) is 35.2 Å². The lowest BCUT2D eigenvalue weighted by Gasteiger charge is -2.09. The molecule has 2 rings (SSSR count). The molecule has 0 fully saturated rings. The molecule has 0 aliphatic rings. The number of rotatable bonds is 2. The molecule has 4 nitrogen and oxygen atoms in total. The van der Waals surface area contributed by atoms with E-state index < -0.39 is 29.0 Å². The van der Waals surface area contributed by atoms with E-state index >= 15 is 0 Å². The fraction of sp³-hybridized carbons (Fsp3) is 0.0833. The highest BCUT2D eigenvalue weighted by molar-refractivity contribution is 9.10. The molecule has 1 N–H and O–H groups in total. The number of carbonyl (C=O) groups is 1. The number of hydrogen-bond acceptors (Lipinski definition) is 3. The molecule has 1 amide bonds. The summed E-state index contributed by atoms with van der Waals surface area (Å²) >= 11 is 3.04. The number of carbonyl (C=O) groups excluding carboxylic acids is 1. The number of amides is 1. The molecular weight excluding hydrogens is 358 g/mol. The van der Waals surface area contributed by atoms with E-state index in [1.54, 1.807) is 0 Å². The first-order valence-electron chi connectivity index (χ1n) is 5.42. The van der Waals surface area contributed by atoms with Gasteiger partial charge in [0.1, 0.15) is 10.4 Å². The van der Waals surface area contributed by atoms with E-state index in [-0.39, 0.29) is 5.82 Å². The summed E-state index contributed by atoms with van der Waals surface area (Å²) in [7, 11) is 0. The van der Waals surface area contributed by atoms with Crippen molar-refractivity contribution in [2.75, 3.05) is 5.32 Å². The molecular formula is C12H6BrF4N3O. The zero-order valence-electron chi connectivity index (χ0n) is 10.1. The predicted molar refractivity (Wildman–Crippen MR) is 69.1 cm³/mol. The van der Waals surface area contributed by atoms with Crippen molar-refractivity contribution in [3.8, 4) is 0 Å². The number of anilines is 1. The Balaban J connectivity index is 2.27. The number of hydrogen-bond donors (Lipinski definition) is 1. The summed E-state index contributed by atoms with van der Waals surface area (Å²) in [5, 5.41) is 2.22. The number of aromatic nitrogens is 2. The summed E-state index contributed by atoms with van der Waals surface area (Å²) in [6.45, 7) is 0. The third kappa shape index (κ3) is 3.97. The molecule has 1 aromatic carbocycles. The lowest BCUT2D eigenvalue weighted by Crippen LogP contribution is -2.15. The van der Waals surface area contributed by atoms with Crippen LogP contribution in [0.4, 0.5) is 23.4 Å². The molecule has 0 spiro atoms. The molecule has 0 bridgehead atoms. The number of halogens is 5. The molecule has 21 heavy (non-hydrogen) atoms. The monoisotopic (exact) mass is 363 g/mol. The predicted octanol–water partition coefficient (Wildman–Crippen LogP) is 3.65. The Bertz CT molecular complexity index is 673. The van der Waals surface area contributed by atoms with Crippen LogP contribution in [0, 0.1) is 5.82 Å². The Morgan fingerprint density at radius 1 is 1.14 bits per heavy atom. The van der Waals surface area contributed by atoms with Crippen LogP contribution < -0.4 is 5.32 Å². The van der Waals surface area contributed by atoms with E-state index in [9.17, 15) is 22.4 Å². The molecule has 9 heteroatoms. The standard InChI is InChI=1S/C12H6BrF4N3O/c13-9-4-19-10(5-18-9)20-11(21)6-1-7(12(15,16)17)3-8(14)2-6/h1-5H,(H,19,20,21). The maximum atomic E-state index is 13.2. The molecule has 1 heterocycles. The summed E-state index contributed by atoms with van der Waals surface area (Å²) in [6, 6.07) is 1.58. The highest BCUT2D eigenvalue weighted by Crippen LogP contribution is 2.30. The Morgan fingerprint density at radius 3 is 2.43 bits per heavy atom. The SMILES string of the molecule is O=C(Nc1cnc(Br)cn1)c1cc(F)cc(C(F)(F)F)c1. The topological polar surface area (TPSA) is 54.9 Å². The van der Waals surface area contributed by atoms with Crippen LogP contribution in [-0.4, -0.2) is 15.9 Å². The molecule has 0 atom stereocenters. The molecule has 2 aromatic rings. The summed E-state index contributed by atoms with van der Waals surface area (Å²) in [5.41, 5.74) is -1.71. The Hall–Kier alpha value is -2.03. The largest absolute Gasteiger partial charge is 0.416 e. The second-order valence-corrected chi connectivity index (χ2v) is 4.72. The van der Waals surface area contributed by atoms with Gasteiger partial charge in [-0.3, -0.25) is 4.79 Å². The van der Waals surface area contributed by atoms with E-state index in [0.29, 0.717) is 22.8 Å². The van der Waals surface area contributed by atoms with Gasteiger partial charge in [-0.1, -0.05) is 0 Å². The highest BCUT2D eigenvalue weighted by Gasteiger charge is 2.32. The third-order valence-corrected chi connectivity index (χ3v) is 2.76. The van der Waals surface area contributed by atoms with E-state index in [4.69, 9.17) is 0 Å². The lowest BCUT2D eigenvalue weighted by atomic mass is 10.1. The minimum Gasteiger partial charge on any atom is -0.305 e. The van der Waals surface area contributed by atoms with Gasteiger partial charge in [0.15, 0.2) is 5.82 Å². The smallest absolute Gasteiger partial charge is 0.305 e. The average Bonchev–Trinajstić information content (AvgIpc) is 2.39. The number of nitrogens with one attached hydrogen (secondary N) is 1. The van der Waals surface area contributed by atoms with Crippen molar-refractivity contribution in [2.45, 2.75) is 6.18 Å². The van der Waals surface area contributed by atoms with Crippen LogP contribution in [0.3, 0.4) is 0 Å². The van der Waals surface area contributed by atoms with Crippen LogP contribution in [0.5, 0.6) is 0 Å². The highest BCUT2D eigenvalue weighted by atomic mass is 79.9. The second-order valence-electron chi connectivity index (χ2n) is 3.90. The normalized spacial score (nSPS) is 11.3. The zero-order chi connectivity index (χ0) is 15.6. The van der Waals surface area contributed by atoms with Gasteiger partial charge in [0.05, 0.1) is 18.0 Å². The van der Waals surface area contributed by atoms with Crippen molar-refractivity contribution < 1.29 is 22.4 Å². The van der Waals surface area contributed by atoms with E-state index in [1.807, 2.05) is 0 Å². The maximum absolute atomic E-state index is 13.2. The Labute approximate surface area is 124 Å². The van der Waals surface area contributed by atoms with Crippen molar-refractivity contribution >= 4 is 27.7 Å². The van der Waals surface area contributed by atoms with Gasteiger partial charge in [0, 0.05) is 5.56 Å². The van der Waals surface area contributed by atoms with Gasteiger partial charge >= 0.3 is 6.18 Å². The summed E-state index contributed by atoms with van der Waals surface area (Å²) in [4.78, 5) is 19.4. The first-order valence-corrected chi connectivity index (χ1v) is 6.22. The fourth-order valence-electron chi connectivity index (χ4n) is 1.45. The Morgan fingerprint density at radius 2 is 1.86 bits per heavy atom. The average molecular weight is 364 g/mol. The van der Waals surface area contributed by atoms with Crippen LogP contribution in [0.2, 0.25) is 0 Å². The van der Waals surface area contributed by atoms with Crippen molar-refractivity contribution in [1.82, 2.24) is 9.97 Å². The summed E-state index contributed by atoms with van der Waals surface area (Å²) < 4.78 is 51.3. The molecule has 0 radical (unpaired) electrons. The maximum Gasteiger partial charge on any atom is 0.416 e. The van der Waals surface area contributed by atoms with Crippen LogP contribution in [0.1, 0.15) is 15.9 Å². The van der Waals surface area contributed by atoms with E-state index in [0.717, 1.165) is 0 Å². The molecule has 1 aromatic heterocycles. The van der Waals surface area contributed by atoms with Crippen LogP contribution in [0.25, 0.3) is 0 Å². The minimum absolute atomic E-state index is 0.0287. The van der Waals surface area contributed by atoms with Gasteiger partial charge in [-0.2, -0.15) is 13.2 Å². The van der Waals surface area contributed by atoms with Crippen molar-refractivity contribution in [3.05, 3.63) is 52.1 Å². The minimum atomic E-state index is -4.74. The molecule has 0 aliphatic heterocycles. The third-order valence-electron chi connectivity index (χ3n) is 2.35. The molecule has 0 saturated carbocycles. The van der Waals surface area contributed by atoms with Gasteiger partial charge in [-0.25, -0.2) is 14.4 Å². The van der Waals surface area contributed by atoms with Crippen molar-refractivity contribution in [3.63, 3.8) is 0 Å². The Kier molecular flexibility index (Phi) is 4.21. The number of nitrogens with zero attached hydrogens (tertiary/aromatic N) is 2.